The van der Waals surface area contributed by atoms with Crippen molar-refractivity contribution in [1.29, 1.82) is 0 Å². The van der Waals surface area contributed by atoms with E-state index in [2.05, 4.69) is 4.98 Å². The molecule has 1 fully saturated rings. The minimum atomic E-state index is -3.59. The Kier molecular flexibility index (Phi) is 5.21. The lowest BCUT2D eigenvalue weighted by atomic mass is 10.2. The SMILES string of the molecule is CC(=O)c1c[nH]c(C(=O)N2CCN(S(=O)(=O)c3cc(C)ccc3C)CC2)c1. The predicted molar refractivity (Wildman–Crippen MR) is 101 cm³/mol. The average molecular weight is 389 g/mol. The van der Waals surface area contributed by atoms with Gasteiger partial charge in [-0.2, -0.15) is 4.31 Å². The number of piperazine rings is 1. The van der Waals surface area contributed by atoms with Crippen molar-refractivity contribution in [2.24, 2.45) is 0 Å². The molecule has 2 heterocycles. The van der Waals surface area contributed by atoms with Gasteiger partial charge in [0.05, 0.1) is 4.90 Å². The van der Waals surface area contributed by atoms with Crippen LogP contribution in [0.25, 0.3) is 0 Å². The first-order valence-corrected chi connectivity index (χ1v) is 10.2. The normalized spacial score (nSPS) is 15.7. The van der Waals surface area contributed by atoms with Gasteiger partial charge < -0.3 is 9.88 Å². The molecule has 1 aromatic carbocycles. The summed E-state index contributed by atoms with van der Waals surface area (Å²) in [6, 6.07) is 6.91. The number of Topliss-reactive ketones (excluding diaryl/α,β-unsaturated/α-hetero) is 1. The van der Waals surface area contributed by atoms with Gasteiger partial charge in [0.2, 0.25) is 10.0 Å². The number of sulfonamides is 1. The third-order valence-corrected chi connectivity index (χ3v) is 6.85. The Labute approximate surface area is 159 Å². The van der Waals surface area contributed by atoms with Gasteiger partial charge in [-0.1, -0.05) is 12.1 Å². The molecule has 1 amide bonds. The number of H-pyrrole nitrogens is 1. The van der Waals surface area contributed by atoms with Crippen molar-refractivity contribution in [3.05, 3.63) is 52.8 Å². The van der Waals surface area contributed by atoms with E-state index < -0.39 is 10.0 Å². The van der Waals surface area contributed by atoms with Crippen LogP contribution in [0, 0.1) is 13.8 Å². The number of nitrogens with one attached hydrogen (secondary N) is 1. The summed E-state index contributed by atoms with van der Waals surface area (Å²) in [5, 5.41) is 0. The molecular weight excluding hydrogens is 366 g/mol. The van der Waals surface area contributed by atoms with Crippen LogP contribution in [0.4, 0.5) is 0 Å². The highest BCUT2D eigenvalue weighted by molar-refractivity contribution is 7.89. The van der Waals surface area contributed by atoms with Crippen LogP contribution in [0.5, 0.6) is 0 Å². The van der Waals surface area contributed by atoms with E-state index in [9.17, 15) is 18.0 Å². The maximum Gasteiger partial charge on any atom is 0.270 e. The van der Waals surface area contributed by atoms with Crippen molar-refractivity contribution in [3.8, 4) is 0 Å². The van der Waals surface area contributed by atoms with Crippen molar-refractivity contribution in [1.82, 2.24) is 14.2 Å². The fourth-order valence-corrected chi connectivity index (χ4v) is 4.88. The lowest BCUT2D eigenvalue weighted by Gasteiger charge is -2.34. The van der Waals surface area contributed by atoms with E-state index in [1.54, 1.807) is 24.0 Å². The maximum absolute atomic E-state index is 13.0. The van der Waals surface area contributed by atoms with Crippen LogP contribution < -0.4 is 0 Å². The van der Waals surface area contributed by atoms with Gasteiger partial charge >= 0.3 is 0 Å². The molecule has 0 atom stereocenters. The average Bonchev–Trinajstić information content (AvgIpc) is 3.13. The summed E-state index contributed by atoms with van der Waals surface area (Å²) >= 11 is 0. The number of aryl methyl sites for hydroxylation is 2. The van der Waals surface area contributed by atoms with Crippen LogP contribution in [0.3, 0.4) is 0 Å². The Hall–Kier alpha value is -2.45. The van der Waals surface area contributed by atoms with Gasteiger partial charge in [-0.3, -0.25) is 9.59 Å². The summed E-state index contributed by atoms with van der Waals surface area (Å²) in [7, 11) is -3.59. The first-order chi connectivity index (χ1) is 12.7. The molecule has 0 bridgehead atoms. The second-order valence-electron chi connectivity index (χ2n) is 6.82. The van der Waals surface area contributed by atoms with E-state index in [-0.39, 0.29) is 24.8 Å². The topological polar surface area (TPSA) is 90.6 Å². The molecule has 2 aromatic rings. The lowest BCUT2D eigenvalue weighted by Crippen LogP contribution is -2.50. The number of hydrogen-bond acceptors (Lipinski definition) is 4. The molecule has 3 rings (SSSR count). The number of nitrogens with zero attached hydrogens (tertiary/aromatic N) is 2. The lowest BCUT2D eigenvalue weighted by molar-refractivity contribution is 0.0692. The van der Waals surface area contributed by atoms with Gasteiger partial charge in [-0.15, -0.1) is 0 Å². The quantitative estimate of drug-likeness (QED) is 0.810. The van der Waals surface area contributed by atoms with E-state index in [1.807, 2.05) is 13.0 Å². The third-order valence-electron chi connectivity index (χ3n) is 4.81. The van der Waals surface area contributed by atoms with Crippen LogP contribution in [0.1, 0.15) is 38.9 Å². The van der Waals surface area contributed by atoms with Crippen molar-refractivity contribution >= 4 is 21.7 Å². The summed E-state index contributed by atoms with van der Waals surface area (Å²) in [6.45, 7) is 6.16. The van der Waals surface area contributed by atoms with Gasteiger partial charge in [0.1, 0.15) is 5.69 Å². The second kappa shape index (κ2) is 7.28. The molecule has 0 unspecified atom stereocenters. The number of aromatic nitrogens is 1. The summed E-state index contributed by atoms with van der Waals surface area (Å²) < 4.78 is 27.4. The Morgan fingerprint density at radius 2 is 1.70 bits per heavy atom. The van der Waals surface area contributed by atoms with Crippen LogP contribution in [-0.2, 0) is 10.0 Å². The van der Waals surface area contributed by atoms with E-state index >= 15 is 0 Å². The number of carbonyl (C=O) groups is 2. The molecule has 0 saturated carbocycles. The molecular formula is C19H23N3O4S. The zero-order valence-electron chi connectivity index (χ0n) is 15.7. The number of hydrogen-bond donors (Lipinski definition) is 1. The largest absolute Gasteiger partial charge is 0.356 e. The van der Waals surface area contributed by atoms with E-state index in [1.165, 1.54) is 23.5 Å². The highest BCUT2D eigenvalue weighted by atomic mass is 32.2. The van der Waals surface area contributed by atoms with E-state index in [0.717, 1.165) is 5.56 Å². The maximum atomic E-state index is 13.0. The molecule has 1 saturated heterocycles. The summed E-state index contributed by atoms with van der Waals surface area (Å²) in [6.07, 6.45) is 1.51. The van der Waals surface area contributed by atoms with Gasteiger partial charge in [0, 0.05) is 37.9 Å². The molecule has 144 valence electrons. The van der Waals surface area contributed by atoms with Crippen molar-refractivity contribution in [2.45, 2.75) is 25.7 Å². The molecule has 27 heavy (non-hydrogen) atoms. The Morgan fingerprint density at radius 1 is 1.04 bits per heavy atom. The van der Waals surface area contributed by atoms with Crippen LogP contribution in [0.2, 0.25) is 0 Å². The van der Waals surface area contributed by atoms with Gasteiger partial charge in [-0.25, -0.2) is 8.42 Å². The van der Waals surface area contributed by atoms with Crippen molar-refractivity contribution < 1.29 is 18.0 Å². The molecule has 8 heteroatoms. The number of carbonyl (C=O) groups excluding carboxylic acids is 2. The zero-order valence-corrected chi connectivity index (χ0v) is 16.5. The van der Waals surface area contributed by atoms with Crippen LogP contribution in [0.15, 0.2) is 35.4 Å². The fourth-order valence-electron chi connectivity index (χ4n) is 3.15. The smallest absolute Gasteiger partial charge is 0.270 e. The monoisotopic (exact) mass is 389 g/mol. The Balaban J connectivity index is 1.71. The molecule has 1 aliphatic heterocycles. The molecule has 0 aliphatic carbocycles. The highest BCUT2D eigenvalue weighted by Gasteiger charge is 2.31. The molecule has 7 nitrogen and oxygen atoms in total. The van der Waals surface area contributed by atoms with Gasteiger partial charge in [0.15, 0.2) is 5.78 Å². The minimum absolute atomic E-state index is 0.116. The zero-order chi connectivity index (χ0) is 19.8. The number of benzene rings is 1. The standard InChI is InChI=1S/C19H23N3O4S/c1-13-4-5-14(2)18(10-13)27(25,26)22-8-6-21(7-9-22)19(24)17-11-16(12-20-17)15(3)23/h4-5,10-12,20H,6-9H2,1-3H3. The van der Waals surface area contributed by atoms with Crippen molar-refractivity contribution in [2.75, 3.05) is 26.2 Å². The van der Waals surface area contributed by atoms with E-state index in [4.69, 9.17) is 0 Å². The fraction of sp³-hybridized carbons (Fsp3) is 0.368. The second-order valence-corrected chi connectivity index (χ2v) is 8.73. The molecule has 0 radical (unpaired) electrons. The molecule has 1 aliphatic rings. The Bertz CT molecular complexity index is 986. The van der Waals surface area contributed by atoms with Crippen molar-refractivity contribution in [3.63, 3.8) is 0 Å². The first kappa shape index (κ1) is 19.3. The first-order valence-electron chi connectivity index (χ1n) is 8.76. The summed E-state index contributed by atoms with van der Waals surface area (Å²) in [5.74, 6) is -0.346. The van der Waals surface area contributed by atoms with E-state index in [0.29, 0.717) is 34.8 Å². The number of ketones is 1. The van der Waals surface area contributed by atoms with Crippen LogP contribution in [-0.4, -0.2) is 60.5 Å². The number of amides is 1. The number of aromatic amines is 1. The highest BCUT2D eigenvalue weighted by Crippen LogP contribution is 2.23. The third kappa shape index (κ3) is 3.81. The van der Waals surface area contributed by atoms with Gasteiger partial charge in [0.25, 0.3) is 5.91 Å². The molecule has 1 aromatic heterocycles. The molecule has 0 spiro atoms. The van der Waals surface area contributed by atoms with Gasteiger partial charge in [-0.05, 0) is 44.0 Å². The molecule has 1 N–H and O–H groups in total. The summed E-state index contributed by atoms with van der Waals surface area (Å²) in [5.41, 5.74) is 2.39. The minimum Gasteiger partial charge on any atom is -0.356 e. The predicted octanol–water partition coefficient (Wildman–Crippen LogP) is 1.98. The summed E-state index contributed by atoms with van der Waals surface area (Å²) in [4.78, 5) is 28.7. The number of rotatable bonds is 4. The van der Waals surface area contributed by atoms with Crippen LogP contribution >= 0.6 is 0 Å². The Morgan fingerprint density at radius 3 is 2.30 bits per heavy atom.